The van der Waals surface area contributed by atoms with E-state index in [0.29, 0.717) is 5.56 Å². The Morgan fingerprint density at radius 1 is 1.17 bits per heavy atom. The molecule has 1 aliphatic heterocycles. The first-order valence-electron chi connectivity index (χ1n) is 8.59. The maximum Gasteiger partial charge on any atom is 0.304 e. The Hall–Kier alpha value is -2.39. The fraction of sp³-hybridized carbons (Fsp3) is 0.118. The number of halogens is 2. The first kappa shape index (κ1) is 21.3. The predicted octanol–water partition coefficient (Wildman–Crippen LogP) is -0.585. The van der Waals surface area contributed by atoms with Crippen LogP contribution in [0.1, 0.15) is 11.1 Å². The highest BCUT2D eigenvalue weighted by molar-refractivity contribution is 7.90. The van der Waals surface area contributed by atoms with E-state index in [1.807, 2.05) is 0 Å². The molecule has 0 aliphatic carbocycles. The van der Waals surface area contributed by atoms with Gasteiger partial charge in [-0.15, -0.1) is 0 Å². The molecule has 1 aliphatic rings. The first-order valence-corrected chi connectivity index (χ1v) is 10.4. The van der Waals surface area contributed by atoms with Gasteiger partial charge in [0.05, 0.1) is 4.55 Å². The molecule has 1 unspecified atom stereocenters. The lowest BCUT2D eigenvalue weighted by atomic mass is 9.65. The average molecular weight is 433 g/mol. The van der Waals surface area contributed by atoms with Crippen LogP contribution < -0.4 is 5.73 Å². The molecule has 2 aromatic rings. The highest BCUT2D eigenvalue weighted by Gasteiger charge is 2.51. The smallest absolute Gasteiger partial charge is 0.304 e. The minimum atomic E-state index is -4.36. The van der Waals surface area contributed by atoms with Crippen LogP contribution >= 0.6 is 11.6 Å². The number of ketones is 1. The van der Waals surface area contributed by atoms with Crippen molar-refractivity contribution in [1.29, 1.82) is 0 Å². The Morgan fingerprint density at radius 2 is 1.79 bits per heavy atom. The number of carbonyl (C=O) groups excluding carboxylic acids is 1. The molecule has 1 heterocycles. The molecule has 2 aromatic carbocycles. The van der Waals surface area contributed by atoms with E-state index in [-0.39, 0.29) is 10.6 Å². The molecule has 0 saturated heterocycles. The summed E-state index contributed by atoms with van der Waals surface area (Å²) in [7, 11) is -0.161. The van der Waals surface area contributed by atoms with E-state index in [2.05, 4.69) is 0 Å². The summed E-state index contributed by atoms with van der Waals surface area (Å²) in [4.78, 5) is 13.0. The molecule has 0 amide bonds. The van der Waals surface area contributed by atoms with E-state index in [1.54, 1.807) is 30.3 Å². The third-order valence-corrected chi connectivity index (χ3v) is 7.11. The number of ether oxygens (including phenoxy) is 1. The minimum Gasteiger partial charge on any atom is -0.467 e. The molecule has 12 heteroatoms. The van der Waals surface area contributed by atoms with Crippen LogP contribution in [0.5, 0.6) is 0 Å². The van der Waals surface area contributed by atoms with Gasteiger partial charge in [0.2, 0.25) is 17.4 Å². The molecule has 0 saturated carbocycles. The summed E-state index contributed by atoms with van der Waals surface area (Å²) >= 11 is 6.10. The number of hydrogen-bond acceptors (Lipinski definition) is 6. The number of rotatable bonds is 5. The third-order valence-electron chi connectivity index (χ3n) is 4.91. The SMILES string of the molecule is BC1(c2cc(F)ccc2Cl)OC(N)=C(OS(=O)(=O)C(B)(B)c2ccccc2)C1=O. The number of Topliss-reactive ketones (excluding diaryl/α,β-unsaturated/α-hetero) is 1. The van der Waals surface area contributed by atoms with Gasteiger partial charge in [-0.25, -0.2) is 4.39 Å². The first-order chi connectivity index (χ1) is 13.4. The summed E-state index contributed by atoms with van der Waals surface area (Å²) in [6, 6.07) is 11.8. The summed E-state index contributed by atoms with van der Waals surface area (Å²) in [6.07, 6.45) is 0. The summed E-state index contributed by atoms with van der Waals surface area (Å²) in [5.41, 5.74) is 4.41. The molecule has 0 aromatic heterocycles. The molecule has 29 heavy (non-hydrogen) atoms. The monoisotopic (exact) mass is 433 g/mol. The Balaban J connectivity index is 1.97. The number of nitrogens with two attached hydrogens (primary N) is 1. The van der Waals surface area contributed by atoms with Gasteiger partial charge in [0.25, 0.3) is 0 Å². The molecule has 2 N–H and O–H groups in total. The molecule has 3 rings (SSSR count). The van der Waals surface area contributed by atoms with Gasteiger partial charge in [0.1, 0.15) is 21.5 Å². The molecule has 0 spiro atoms. The Labute approximate surface area is 175 Å². The quantitative estimate of drug-likeness (QED) is 0.501. The molecular weight excluding hydrogens is 417 g/mol. The zero-order valence-electron chi connectivity index (χ0n) is 15.9. The van der Waals surface area contributed by atoms with E-state index in [4.69, 9.17) is 26.3 Å². The predicted molar refractivity (Wildman–Crippen MR) is 114 cm³/mol. The van der Waals surface area contributed by atoms with Crippen molar-refractivity contribution in [2.75, 3.05) is 0 Å². The second kappa shape index (κ2) is 7.14. The van der Waals surface area contributed by atoms with E-state index >= 15 is 0 Å². The van der Waals surface area contributed by atoms with Gasteiger partial charge in [0.15, 0.2) is 13.3 Å². The van der Waals surface area contributed by atoms with Crippen molar-refractivity contribution in [2.24, 2.45) is 5.73 Å². The number of benzene rings is 2. The second-order valence-corrected chi connectivity index (χ2v) is 9.70. The lowest BCUT2D eigenvalue weighted by Gasteiger charge is -2.26. The average Bonchev–Trinajstić information content (AvgIpc) is 2.88. The van der Waals surface area contributed by atoms with Gasteiger partial charge in [-0.05, 0) is 23.8 Å². The number of hydrogen-bond donors (Lipinski definition) is 1. The van der Waals surface area contributed by atoms with Crippen molar-refractivity contribution in [3.8, 4) is 0 Å². The topological polar surface area (TPSA) is 95.7 Å². The number of carbonyl (C=O) groups is 1. The van der Waals surface area contributed by atoms with Crippen molar-refractivity contribution in [3.63, 3.8) is 0 Å². The van der Waals surface area contributed by atoms with Crippen LogP contribution in [0.15, 0.2) is 60.2 Å². The second-order valence-electron chi connectivity index (χ2n) is 7.20. The van der Waals surface area contributed by atoms with Crippen LogP contribution in [0.2, 0.25) is 5.02 Å². The van der Waals surface area contributed by atoms with Crippen LogP contribution in [0.4, 0.5) is 4.39 Å². The van der Waals surface area contributed by atoms with Crippen LogP contribution in [0.25, 0.3) is 0 Å². The van der Waals surface area contributed by atoms with E-state index < -0.39 is 43.4 Å². The summed E-state index contributed by atoms with van der Waals surface area (Å²) in [5.74, 6) is -2.72. The van der Waals surface area contributed by atoms with E-state index in [1.165, 1.54) is 29.6 Å². The van der Waals surface area contributed by atoms with E-state index in [0.717, 1.165) is 12.1 Å². The van der Waals surface area contributed by atoms with Gasteiger partial charge < -0.3 is 14.7 Å². The molecule has 148 valence electrons. The molecular formula is C17H16B3ClFNO5S. The fourth-order valence-electron chi connectivity index (χ4n) is 2.96. The van der Waals surface area contributed by atoms with Crippen LogP contribution in [-0.2, 0) is 33.9 Å². The molecule has 0 radical (unpaired) electrons. The fourth-order valence-corrected chi connectivity index (χ4v) is 4.27. The minimum absolute atomic E-state index is 0.00503. The molecule has 1 atom stereocenters. The summed E-state index contributed by atoms with van der Waals surface area (Å²) in [5, 5.41) is 0.0590. The summed E-state index contributed by atoms with van der Waals surface area (Å²) in [6.45, 7) is 0. The van der Waals surface area contributed by atoms with Crippen LogP contribution in [0, 0.1) is 5.82 Å². The highest BCUT2D eigenvalue weighted by atomic mass is 35.5. The van der Waals surface area contributed by atoms with Gasteiger partial charge in [-0.3, -0.25) is 4.79 Å². The lowest BCUT2D eigenvalue weighted by Crippen LogP contribution is -2.40. The third kappa shape index (κ3) is 3.53. The van der Waals surface area contributed by atoms with Gasteiger partial charge in [0, 0.05) is 10.6 Å². The molecule has 0 bridgehead atoms. The van der Waals surface area contributed by atoms with Crippen molar-refractivity contribution in [2.45, 2.75) is 10.0 Å². The lowest BCUT2D eigenvalue weighted by molar-refractivity contribution is -0.126. The molecule has 6 nitrogen and oxygen atoms in total. The zero-order chi connectivity index (χ0) is 21.6. The van der Waals surface area contributed by atoms with Gasteiger partial charge in [-0.2, -0.15) is 8.42 Å². The van der Waals surface area contributed by atoms with Gasteiger partial charge in [-0.1, -0.05) is 41.9 Å². The highest BCUT2D eigenvalue weighted by Crippen LogP contribution is 2.40. The van der Waals surface area contributed by atoms with Crippen LogP contribution in [-0.4, -0.2) is 37.7 Å². The van der Waals surface area contributed by atoms with E-state index in [9.17, 15) is 17.6 Å². The Morgan fingerprint density at radius 3 is 2.41 bits per heavy atom. The maximum absolute atomic E-state index is 13.7. The standard InChI is InChI=1S/C17H16B3ClFNO5S/c18-16(11-8-10(22)6-7-12(11)21)14(24)13(15(23)27-16)28-29(25,26)17(19,20)9-4-2-1-3-5-9/h1-8H,18-20,23H2. The van der Waals surface area contributed by atoms with Gasteiger partial charge >= 0.3 is 10.1 Å². The van der Waals surface area contributed by atoms with Crippen molar-refractivity contribution < 1.29 is 26.5 Å². The largest absolute Gasteiger partial charge is 0.467 e. The van der Waals surface area contributed by atoms with Crippen molar-refractivity contribution in [3.05, 3.63) is 82.1 Å². The normalized spacial score (nSPS) is 19.9. The van der Waals surface area contributed by atoms with Crippen molar-refractivity contribution >= 4 is 51.0 Å². The maximum atomic E-state index is 13.7. The molecule has 0 fully saturated rings. The Bertz CT molecular complexity index is 1130. The Kier molecular flexibility index (Phi) is 5.25. The zero-order valence-corrected chi connectivity index (χ0v) is 17.5. The van der Waals surface area contributed by atoms with Crippen molar-refractivity contribution in [1.82, 2.24) is 0 Å². The van der Waals surface area contributed by atoms with Crippen LogP contribution in [0.3, 0.4) is 0 Å². The summed E-state index contributed by atoms with van der Waals surface area (Å²) < 4.78 is 48.7.